The van der Waals surface area contributed by atoms with Crippen molar-refractivity contribution in [1.29, 1.82) is 5.26 Å². The first-order valence-electron chi connectivity index (χ1n) is 6.63. The molecule has 0 atom stereocenters. The Labute approximate surface area is 101 Å². The molecular formula is C13H27N3. The molecule has 3 nitrogen and oxygen atoms in total. The Kier molecular flexibility index (Phi) is 7.16. The van der Waals surface area contributed by atoms with Gasteiger partial charge >= 0.3 is 0 Å². The third-order valence-corrected chi connectivity index (χ3v) is 3.41. The molecule has 94 valence electrons. The highest BCUT2D eigenvalue weighted by Crippen LogP contribution is 2.38. The highest BCUT2D eigenvalue weighted by atomic mass is 15.3. The fourth-order valence-corrected chi connectivity index (χ4v) is 2.25. The van der Waals surface area contributed by atoms with E-state index in [2.05, 4.69) is 18.1 Å². The maximum atomic E-state index is 8.83. The van der Waals surface area contributed by atoms with Crippen molar-refractivity contribution in [3.63, 3.8) is 0 Å². The zero-order chi connectivity index (χ0) is 12.6. The van der Waals surface area contributed by atoms with Gasteiger partial charge in [-0.1, -0.05) is 27.7 Å². The Morgan fingerprint density at radius 3 is 1.69 bits per heavy atom. The standard InChI is InChI=1S/C9H15N3.2C2H6/c1-11-5-2-9(3-6-11)4-7-12(9)8-10;2*1-2/h2-7H2,1H3;2*1-2H3. The maximum Gasteiger partial charge on any atom is 0.179 e. The molecule has 2 aliphatic rings. The summed E-state index contributed by atoms with van der Waals surface area (Å²) in [5.41, 5.74) is 0.279. The number of likely N-dealkylation sites (tertiary alicyclic amines) is 2. The van der Waals surface area contributed by atoms with Crippen LogP contribution in [0.5, 0.6) is 0 Å². The Morgan fingerprint density at radius 1 is 0.938 bits per heavy atom. The molecule has 0 aromatic carbocycles. The monoisotopic (exact) mass is 225 g/mol. The minimum atomic E-state index is 0.279. The van der Waals surface area contributed by atoms with E-state index in [0.717, 1.165) is 19.6 Å². The quantitative estimate of drug-likeness (QED) is 0.594. The molecule has 1 spiro atoms. The zero-order valence-electron chi connectivity index (χ0n) is 11.6. The van der Waals surface area contributed by atoms with Crippen LogP contribution in [-0.2, 0) is 0 Å². The van der Waals surface area contributed by atoms with E-state index in [1.54, 1.807) is 0 Å². The van der Waals surface area contributed by atoms with Gasteiger partial charge < -0.3 is 9.80 Å². The van der Waals surface area contributed by atoms with Gasteiger partial charge in [-0.2, -0.15) is 5.26 Å². The lowest BCUT2D eigenvalue weighted by Crippen LogP contribution is -2.61. The van der Waals surface area contributed by atoms with Crippen LogP contribution < -0.4 is 0 Å². The molecule has 2 saturated heterocycles. The van der Waals surface area contributed by atoms with Gasteiger partial charge in [0.25, 0.3) is 0 Å². The van der Waals surface area contributed by atoms with Gasteiger partial charge in [-0.15, -0.1) is 0 Å². The summed E-state index contributed by atoms with van der Waals surface area (Å²) in [6, 6.07) is 0. The van der Waals surface area contributed by atoms with E-state index in [9.17, 15) is 0 Å². The molecule has 16 heavy (non-hydrogen) atoms. The van der Waals surface area contributed by atoms with Crippen molar-refractivity contribution in [2.24, 2.45) is 0 Å². The van der Waals surface area contributed by atoms with E-state index in [1.165, 1.54) is 19.3 Å². The molecule has 0 aromatic heterocycles. The second-order valence-corrected chi connectivity index (χ2v) is 4.03. The zero-order valence-corrected chi connectivity index (χ0v) is 11.6. The summed E-state index contributed by atoms with van der Waals surface area (Å²) in [6.07, 6.45) is 5.88. The van der Waals surface area contributed by atoms with Crippen LogP contribution in [0.1, 0.15) is 47.0 Å². The smallest absolute Gasteiger partial charge is 0.179 e. The third-order valence-electron chi connectivity index (χ3n) is 3.41. The molecule has 3 heteroatoms. The Morgan fingerprint density at radius 2 is 1.38 bits per heavy atom. The van der Waals surface area contributed by atoms with E-state index >= 15 is 0 Å². The first-order valence-corrected chi connectivity index (χ1v) is 6.63. The van der Waals surface area contributed by atoms with Crippen LogP contribution in [0.2, 0.25) is 0 Å². The first kappa shape index (κ1) is 15.2. The lowest BCUT2D eigenvalue weighted by atomic mass is 9.77. The molecule has 0 saturated carbocycles. The second kappa shape index (κ2) is 7.51. The third kappa shape index (κ3) is 3.12. The normalized spacial score (nSPS) is 21.9. The van der Waals surface area contributed by atoms with Crippen LogP contribution in [0.4, 0.5) is 0 Å². The van der Waals surface area contributed by atoms with Crippen LogP contribution >= 0.6 is 0 Å². The predicted octanol–water partition coefficient (Wildman–Crippen LogP) is 2.69. The van der Waals surface area contributed by atoms with Gasteiger partial charge in [-0.3, -0.25) is 0 Å². The van der Waals surface area contributed by atoms with Crippen molar-refractivity contribution >= 4 is 0 Å². The van der Waals surface area contributed by atoms with E-state index in [-0.39, 0.29) is 5.54 Å². The first-order chi connectivity index (χ1) is 7.77. The molecule has 0 unspecified atom stereocenters. The van der Waals surface area contributed by atoms with Gasteiger partial charge in [0, 0.05) is 19.6 Å². The summed E-state index contributed by atoms with van der Waals surface area (Å²) >= 11 is 0. The summed E-state index contributed by atoms with van der Waals surface area (Å²) in [5.74, 6) is 0. The predicted molar refractivity (Wildman–Crippen MR) is 69.1 cm³/mol. The summed E-state index contributed by atoms with van der Waals surface area (Å²) in [7, 11) is 2.15. The SMILES string of the molecule is CC.CC.CN1CCC2(CC1)CCN2C#N. The Bertz CT molecular complexity index is 212. The van der Waals surface area contributed by atoms with Crippen molar-refractivity contribution < 1.29 is 0 Å². The lowest BCUT2D eigenvalue weighted by molar-refractivity contribution is -0.0111. The fourth-order valence-electron chi connectivity index (χ4n) is 2.25. The summed E-state index contributed by atoms with van der Waals surface area (Å²) < 4.78 is 0. The van der Waals surface area contributed by atoms with Gasteiger partial charge in [0.05, 0.1) is 5.54 Å². The molecule has 2 fully saturated rings. The molecule has 0 N–H and O–H groups in total. The number of rotatable bonds is 0. The summed E-state index contributed by atoms with van der Waals surface area (Å²) in [4.78, 5) is 4.32. The average molecular weight is 225 g/mol. The van der Waals surface area contributed by atoms with E-state index in [0.29, 0.717) is 0 Å². The summed E-state index contributed by atoms with van der Waals surface area (Å²) in [5, 5.41) is 8.83. The van der Waals surface area contributed by atoms with Crippen molar-refractivity contribution in [2.75, 3.05) is 26.7 Å². The largest absolute Gasteiger partial charge is 0.306 e. The summed E-state index contributed by atoms with van der Waals surface area (Å²) in [6.45, 7) is 11.3. The van der Waals surface area contributed by atoms with Gasteiger partial charge in [0.15, 0.2) is 6.19 Å². The van der Waals surface area contributed by atoms with Crippen LogP contribution in [0.25, 0.3) is 0 Å². The van der Waals surface area contributed by atoms with Crippen molar-refractivity contribution in [3.05, 3.63) is 0 Å². The van der Waals surface area contributed by atoms with Gasteiger partial charge in [0.1, 0.15) is 0 Å². The van der Waals surface area contributed by atoms with Crippen LogP contribution in [0, 0.1) is 11.5 Å². The van der Waals surface area contributed by atoms with E-state index in [4.69, 9.17) is 5.26 Å². The van der Waals surface area contributed by atoms with E-state index in [1.807, 2.05) is 32.6 Å². The fraction of sp³-hybridized carbons (Fsp3) is 0.923. The van der Waals surface area contributed by atoms with Crippen molar-refractivity contribution in [2.45, 2.75) is 52.5 Å². The van der Waals surface area contributed by atoms with E-state index < -0.39 is 0 Å². The second-order valence-electron chi connectivity index (χ2n) is 4.03. The van der Waals surface area contributed by atoms with Crippen LogP contribution in [-0.4, -0.2) is 42.0 Å². The minimum Gasteiger partial charge on any atom is -0.306 e. The molecule has 2 heterocycles. The molecule has 0 amide bonds. The molecule has 2 aliphatic heterocycles. The highest BCUT2D eigenvalue weighted by Gasteiger charge is 2.45. The highest BCUT2D eigenvalue weighted by molar-refractivity contribution is 5.07. The molecule has 0 aromatic rings. The Balaban J connectivity index is 0.000000509. The minimum absolute atomic E-state index is 0.279. The number of hydrogen-bond acceptors (Lipinski definition) is 3. The molecule has 0 aliphatic carbocycles. The van der Waals surface area contributed by atoms with Crippen LogP contribution in [0.15, 0.2) is 0 Å². The van der Waals surface area contributed by atoms with Gasteiger partial charge in [-0.25, -0.2) is 0 Å². The molecule has 0 radical (unpaired) electrons. The number of hydrogen-bond donors (Lipinski definition) is 0. The number of nitriles is 1. The number of piperidine rings is 1. The molecular weight excluding hydrogens is 198 g/mol. The van der Waals surface area contributed by atoms with Gasteiger partial charge in [-0.05, 0) is 26.3 Å². The Hall–Kier alpha value is -0.750. The van der Waals surface area contributed by atoms with Crippen LogP contribution in [0.3, 0.4) is 0 Å². The van der Waals surface area contributed by atoms with Gasteiger partial charge in [0.2, 0.25) is 0 Å². The lowest BCUT2D eigenvalue weighted by Gasteiger charge is -2.53. The maximum absolute atomic E-state index is 8.83. The number of nitrogens with zero attached hydrogens (tertiary/aromatic N) is 3. The average Bonchev–Trinajstić information content (AvgIpc) is 2.35. The topological polar surface area (TPSA) is 30.3 Å². The van der Waals surface area contributed by atoms with Crippen molar-refractivity contribution in [3.8, 4) is 6.19 Å². The molecule has 2 rings (SSSR count). The van der Waals surface area contributed by atoms with Crippen molar-refractivity contribution in [1.82, 2.24) is 9.80 Å². The molecule has 0 bridgehead atoms.